The van der Waals surface area contributed by atoms with Crippen LogP contribution >= 0.6 is 0 Å². The number of aryl methyl sites for hydroxylation is 4. The maximum absolute atomic E-state index is 12.0. The van der Waals surface area contributed by atoms with Crippen LogP contribution in [0.4, 0.5) is 0 Å². The Labute approximate surface area is 308 Å². The molecule has 0 spiro atoms. The molecule has 0 aliphatic heterocycles. The minimum Gasteiger partial charge on any atom is -0.462 e. The summed E-state index contributed by atoms with van der Waals surface area (Å²) in [6, 6.07) is 16.8. The van der Waals surface area contributed by atoms with Crippen molar-refractivity contribution in [2.24, 2.45) is 23.7 Å². The lowest BCUT2D eigenvalue weighted by molar-refractivity contribution is -0.142. The molecule has 6 heteroatoms. The van der Waals surface area contributed by atoms with Crippen LogP contribution < -0.4 is 0 Å². The summed E-state index contributed by atoms with van der Waals surface area (Å²) < 4.78 is 10.9. The summed E-state index contributed by atoms with van der Waals surface area (Å²) >= 11 is 0. The highest BCUT2D eigenvalue weighted by Crippen LogP contribution is 2.45. The largest absolute Gasteiger partial charge is 0.462 e. The second kappa shape index (κ2) is 23.5. The zero-order valence-electron chi connectivity index (χ0n) is 31.9. The van der Waals surface area contributed by atoms with Crippen molar-refractivity contribution in [2.75, 3.05) is 33.5 Å². The molecule has 51 heavy (non-hydrogen) atoms. The number of carbonyl (C=O) groups is 2. The summed E-state index contributed by atoms with van der Waals surface area (Å²) in [7, 11) is 1.72. The first-order chi connectivity index (χ1) is 24.8. The SMILES string of the molecule is C=C(C=O)CO.C=C(CO)C(=O)OCC(COC)C1CCC(C2CCC(c3ccc(CCc4ccc(CCCCC)c(CC)c4)cc3)CC2)CC1. The van der Waals surface area contributed by atoms with Crippen LogP contribution in [0.15, 0.2) is 66.8 Å². The molecule has 0 bridgehead atoms. The average molecular weight is 703 g/mol. The van der Waals surface area contributed by atoms with Gasteiger partial charge in [-0.3, -0.25) is 4.79 Å². The Morgan fingerprint density at radius 2 is 1.43 bits per heavy atom. The van der Waals surface area contributed by atoms with Gasteiger partial charge in [0.15, 0.2) is 0 Å². The predicted molar refractivity (Wildman–Crippen MR) is 208 cm³/mol. The number of unbranched alkanes of at least 4 members (excludes halogenated alkanes) is 2. The van der Waals surface area contributed by atoms with Gasteiger partial charge in [0.05, 0.1) is 32.0 Å². The quantitative estimate of drug-likeness (QED) is 0.0658. The predicted octanol–water partition coefficient (Wildman–Crippen LogP) is 8.94. The maximum Gasteiger partial charge on any atom is 0.335 e. The second-order valence-electron chi connectivity index (χ2n) is 15.0. The fourth-order valence-electron chi connectivity index (χ4n) is 8.15. The molecule has 2 aromatic rings. The van der Waals surface area contributed by atoms with Crippen LogP contribution in [0.2, 0.25) is 0 Å². The van der Waals surface area contributed by atoms with Crippen LogP contribution in [-0.4, -0.2) is 56.0 Å². The topological polar surface area (TPSA) is 93.1 Å². The van der Waals surface area contributed by atoms with Crippen LogP contribution in [0.1, 0.15) is 118 Å². The Morgan fingerprint density at radius 3 is 1.98 bits per heavy atom. The van der Waals surface area contributed by atoms with Gasteiger partial charge in [-0.1, -0.05) is 82.3 Å². The molecular weight excluding hydrogens is 636 g/mol. The number of carbonyl (C=O) groups excluding carboxylic acids is 2. The summed E-state index contributed by atoms with van der Waals surface area (Å²) in [5.74, 6) is 2.60. The third-order valence-corrected chi connectivity index (χ3v) is 11.4. The van der Waals surface area contributed by atoms with Crippen molar-refractivity contribution in [3.63, 3.8) is 0 Å². The molecule has 1 atom stereocenters. The van der Waals surface area contributed by atoms with Gasteiger partial charge >= 0.3 is 5.97 Å². The van der Waals surface area contributed by atoms with Crippen molar-refractivity contribution in [1.82, 2.24) is 0 Å². The van der Waals surface area contributed by atoms with Crippen LogP contribution in [0.25, 0.3) is 0 Å². The van der Waals surface area contributed by atoms with Gasteiger partial charge < -0.3 is 19.7 Å². The van der Waals surface area contributed by atoms with Crippen LogP contribution in [0.3, 0.4) is 0 Å². The number of rotatable bonds is 19. The number of benzene rings is 2. The van der Waals surface area contributed by atoms with E-state index in [-0.39, 0.29) is 30.3 Å². The van der Waals surface area contributed by atoms with Crippen molar-refractivity contribution in [3.8, 4) is 0 Å². The van der Waals surface area contributed by atoms with Gasteiger partial charge in [0.2, 0.25) is 0 Å². The number of aldehydes is 1. The molecule has 2 aromatic carbocycles. The zero-order valence-corrected chi connectivity index (χ0v) is 31.9. The minimum atomic E-state index is -0.497. The summed E-state index contributed by atoms with van der Waals surface area (Å²) in [6.45, 7) is 11.7. The average Bonchev–Trinajstić information content (AvgIpc) is 3.18. The lowest BCUT2D eigenvalue weighted by Gasteiger charge is -2.39. The van der Waals surface area contributed by atoms with E-state index in [1.807, 2.05) is 0 Å². The van der Waals surface area contributed by atoms with Crippen molar-refractivity contribution < 1.29 is 29.3 Å². The highest BCUT2D eigenvalue weighted by molar-refractivity contribution is 5.87. The van der Waals surface area contributed by atoms with E-state index < -0.39 is 5.97 Å². The maximum atomic E-state index is 12.0. The van der Waals surface area contributed by atoms with Gasteiger partial charge in [-0.05, 0) is 135 Å². The number of aliphatic hydroxyl groups is 2. The Morgan fingerprint density at radius 1 is 0.804 bits per heavy atom. The summed E-state index contributed by atoms with van der Waals surface area (Å²) in [6.07, 6.45) is 19.2. The Balaban J connectivity index is 0.00000107. The molecule has 2 aliphatic rings. The van der Waals surface area contributed by atoms with Crippen molar-refractivity contribution in [3.05, 3.63) is 94.6 Å². The smallest absolute Gasteiger partial charge is 0.335 e. The number of esters is 1. The molecule has 2 aliphatic carbocycles. The number of methoxy groups -OCH3 is 1. The number of hydrogen-bond acceptors (Lipinski definition) is 6. The molecule has 2 N–H and O–H groups in total. The van der Waals surface area contributed by atoms with E-state index in [1.54, 1.807) is 18.2 Å². The molecule has 0 saturated heterocycles. The van der Waals surface area contributed by atoms with E-state index >= 15 is 0 Å². The van der Waals surface area contributed by atoms with Crippen LogP contribution in [0.5, 0.6) is 0 Å². The van der Waals surface area contributed by atoms with Crippen LogP contribution in [0, 0.1) is 23.7 Å². The van der Waals surface area contributed by atoms with Gasteiger partial charge in [0.1, 0.15) is 6.29 Å². The lowest BCUT2D eigenvalue weighted by Crippen LogP contribution is -2.32. The first-order valence-electron chi connectivity index (χ1n) is 19.6. The van der Waals surface area contributed by atoms with E-state index in [2.05, 4.69) is 69.5 Å². The van der Waals surface area contributed by atoms with E-state index in [4.69, 9.17) is 19.7 Å². The lowest BCUT2D eigenvalue weighted by atomic mass is 9.67. The Hall–Kier alpha value is -3.06. The highest BCUT2D eigenvalue weighted by atomic mass is 16.5. The third kappa shape index (κ3) is 14.1. The molecule has 0 heterocycles. The fourth-order valence-corrected chi connectivity index (χ4v) is 8.15. The Kier molecular flexibility index (Phi) is 19.5. The van der Waals surface area contributed by atoms with E-state index in [0.717, 1.165) is 31.1 Å². The van der Waals surface area contributed by atoms with Gasteiger partial charge in [0.25, 0.3) is 0 Å². The van der Waals surface area contributed by atoms with E-state index in [1.165, 1.54) is 93.7 Å². The number of hydrogen-bond donors (Lipinski definition) is 2. The van der Waals surface area contributed by atoms with Crippen molar-refractivity contribution >= 4 is 12.3 Å². The molecule has 1 unspecified atom stereocenters. The number of aliphatic hydroxyl groups excluding tert-OH is 2. The standard InChI is InChI=1S/C41H60O4.C4H6O2/c1-5-7-8-9-34-17-14-32(26-33(34)6-2)11-10-31-12-15-35(16-13-31)36-18-20-37(21-19-36)38-22-24-39(25-23-38)40(28-44-4)29-45-41(43)30(3)27-42;1-4(2-5)3-6/h12-17,26,36-40,42H,3,5-11,18-25,27-29H2,1-2,4H3;2,6H,1,3H2. The van der Waals surface area contributed by atoms with Gasteiger partial charge in [0, 0.05) is 18.6 Å². The highest BCUT2D eigenvalue weighted by Gasteiger charge is 2.34. The third-order valence-electron chi connectivity index (χ3n) is 11.4. The molecule has 282 valence electrons. The molecule has 4 rings (SSSR count). The molecule has 0 aromatic heterocycles. The first kappa shape index (κ1) is 42.4. The van der Waals surface area contributed by atoms with E-state index in [0.29, 0.717) is 31.3 Å². The second-order valence-corrected chi connectivity index (χ2v) is 15.0. The molecule has 2 fully saturated rings. The molecule has 0 amide bonds. The van der Waals surface area contributed by atoms with Gasteiger partial charge in [-0.25, -0.2) is 4.79 Å². The van der Waals surface area contributed by atoms with Gasteiger partial charge in [-0.15, -0.1) is 0 Å². The Bertz CT molecular complexity index is 1330. The number of ether oxygens (including phenoxy) is 2. The van der Waals surface area contributed by atoms with Gasteiger partial charge in [-0.2, -0.15) is 0 Å². The van der Waals surface area contributed by atoms with Crippen LogP contribution in [-0.2, 0) is 44.7 Å². The summed E-state index contributed by atoms with van der Waals surface area (Å²) in [4.78, 5) is 21.5. The van der Waals surface area contributed by atoms with E-state index in [9.17, 15) is 9.59 Å². The normalized spacial score (nSPS) is 20.8. The molecule has 2 saturated carbocycles. The zero-order chi connectivity index (χ0) is 37.0. The minimum absolute atomic E-state index is 0.112. The fraction of sp³-hybridized carbons (Fsp3) is 0.600. The monoisotopic (exact) mass is 702 g/mol. The molecular formula is C45H66O6. The first-order valence-corrected chi connectivity index (χ1v) is 19.6. The summed E-state index contributed by atoms with van der Waals surface area (Å²) in [5.41, 5.74) is 7.89. The van der Waals surface area contributed by atoms with Crippen molar-refractivity contribution in [1.29, 1.82) is 0 Å². The van der Waals surface area contributed by atoms with Crippen molar-refractivity contribution in [2.45, 2.75) is 116 Å². The molecule has 6 nitrogen and oxygen atoms in total. The molecule has 0 radical (unpaired) electrons. The summed E-state index contributed by atoms with van der Waals surface area (Å²) in [5, 5.41) is 17.1.